The predicted octanol–water partition coefficient (Wildman–Crippen LogP) is 2.99. The summed E-state index contributed by atoms with van der Waals surface area (Å²) < 4.78 is 33.4. The van der Waals surface area contributed by atoms with Crippen molar-refractivity contribution in [3.8, 4) is 11.5 Å². The molecule has 0 spiro atoms. The Morgan fingerprint density at radius 2 is 1.79 bits per heavy atom. The molecule has 2 N–H and O–H groups in total. The fourth-order valence-electron chi connectivity index (χ4n) is 2.38. The predicted molar refractivity (Wildman–Crippen MR) is 106 cm³/mol. The van der Waals surface area contributed by atoms with Gasteiger partial charge in [-0.25, -0.2) is 4.21 Å². The van der Waals surface area contributed by atoms with Crippen LogP contribution in [0.3, 0.4) is 0 Å². The van der Waals surface area contributed by atoms with E-state index < -0.39 is 17.2 Å². The van der Waals surface area contributed by atoms with E-state index in [-0.39, 0.29) is 17.4 Å². The van der Waals surface area contributed by atoms with Crippen LogP contribution in [0.4, 0.5) is 0 Å². The Labute approximate surface area is 166 Å². The molecule has 0 radical (unpaired) electrons. The van der Waals surface area contributed by atoms with E-state index in [0.717, 1.165) is 11.1 Å². The fourth-order valence-corrected chi connectivity index (χ4v) is 3.23. The summed E-state index contributed by atoms with van der Waals surface area (Å²) in [5.41, 5.74) is 7.40. The van der Waals surface area contributed by atoms with E-state index in [9.17, 15) is 9.00 Å². The van der Waals surface area contributed by atoms with Crippen molar-refractivity contribution in [2.75, 3.05) is 14.2 Å². The molecule has 0 saturated carbocycles. The van der Waals surface area contributed by atoms with E-state index >= 15 is 0 Å². The van der Waals surface area contributed by atoms with Crippen LogP contribution in [-0.2, 0) is 30.5 Å². The van der Waals surface area contributed by atoms with Crippen molar-refractivity contribution in [3.05, 3.63) is 71.3 Å². The number of aldehydes is 1. The normalized spacial score (nSPS) is 13.7. The van der Waals surface area contributed by atoms with Gasteiger partial charge in [0.25, 0.3) is 0 Å². The quantitative estimate of drug-likeness (QED) is 0.369. The molecule has 150 valence electrons. The average molecular weight is 405 g/mol. The van der Waals surface area contributed by atoms with Crippen LogP contribution in [0.15, 0.2) is 60.2 Å². The molecule has 2 unspecified atom stereocenters. The number of methoxy groups -OCH3 is 2. The van der Waals surface area contributed by atoms with Crippen molar-refractivity contribution >= 4 is 17.4 Å². The SMILES string of the molecule is COc1ccc(C(C)O/C(N)=C(\C=O)OS(=O)Cc2ccccc2)cc1OC. The standard InChI is InChI=1S/C20H23NO6S/c1-14(16-9-10-17(24-2)18(11-16)25-3)26-20(21)19(12-22)27-28(23)13-15-7-5-4-6-8-15/h4-12,14H,13,21H2,1-3H3/b20-19+. The van der Waals surface area contributed by atoms with Crippen LogP contribution in [0.25, 0.3) is 0 Å². The maximum atomic E-state index is 12.2. The number of nitrogens with two attached hydrogens (primary N) is 1. The Morgan fingerprint density at radius 3 is 2.39 bits per heavy atom. The van der Waals surface area contributed by atoms with Crippen molar-refractivity contribution in [2.45, 2.75) is 18.8 Å². The van der Waals surface area contributed by atoms with Gasteiger partial charge in [-0.05, 0) is 30.2 Å². The highest BCUT2D eigenvalue weighted by molar-refractivity contribution is 7.79. The van der Waals surface area contributed by atoms with Crippen molar-refractivity contribution in [3.63, 3.8) is 0 Å². The fraction of sp³-hybridized carbons (Fsp3) is 0.250. The van der Waals surface area contributed by atoms with Crippen LogP contribution in [-0.4, -0.2) is 24.7 Å². The second kappa shape index (κ2) is 10.4. The summed E-state index contributed by atoms with van der Waals surface area (Å²) in [6.07, 6.45) is -0.138. The van der Waals surface area contributed by atoms with E-state index in [1.54, 1.807) is 32.2 Å². The van der Waals surface area contributed by atoms with Crippen molar-refractivity contribution in [1.29, 1.82) is 0 Å². The van der Waals surface area contributed by atoms with Crippen molar-refractivity contribution < 1.29 is 27.4 Å². The third-order valence-electron chi connectivity index (χ3n) is 3.84. The topological polar surface area (TPSA) is 97.1 Å². The lowest BCUT2D eigenvalue weighted by molar-refractivity contribution is -0.107. The average Bonchev–Trinajstić information content (AvgIpc) is 2.71. The number of carbonyl (C=O) groups excluding carboxylic acids is 1. The Balaban J connectivity index is 2.08. The number of benzene rings is 2. The number of hydrogen-bond donors (Lipinski definition) is 1. The molecule has 7 nitrogen and oxygen atoms in total. The van der Waals surface area contributed by atoms with E-state index in [2.05, 4.69) is 0 Å². The Bertz CT molecular complexity index is 853. The third kappa shape index (κ3) is 5.75. The Hall–Kier alpha value is -3.00. The first-order valence-corrected chi connectivity index (χ1v) is 9.67. The lowest BCUT2D eigenvalue weighted by Gasteiger charge is -2.17. The highest BCUT2D eigenvalue weighted by atomic mass is 32.2. The summed E-state index contributed by atoms with van der Waals surface area (Å²) in [6.45, 7) is 1.75. The second-order valence-corrected chi connectivity index (χ2v) is 6.80. The molecule has 28 heavy (non-hydrogen) atoms. The molecule has 0 bridgehead atoms. The van der Waals surface area contributed by atoms with E-state index in [1.807, 2.05) is 30.3 Å². The maximum Gasteiger partial charge on any atom is 0.239 e. The highest BCUT2D eigenvalue weighted by Crippen LogP contribution is 2.31. The summed E-state index contributed by atoms with van der Waals surface area (Å²) in [4.78, 5) is 11.3. The van der Waals surface area contributed by atoms with E-state index in [0.29, 0.717) is 17.8 Å². The molecule has 0 aliphatic rings. The second-order valence-electron chi connectivity index (χ2n) is 5.74. The van der Waals surface area contributed by atoms with Crippen LogP contribution < -0.4 is 15.2 Å². The van der Waals surface area contributed by atoms with Gasteiger partial charge in [0.2, 0.25) is 22.7 Å². The van der Waals surface area contributed by atoms with Gasteiger partial charge in [-0.1, -0.05) is 36.4 Å². The van der Waals surface area contributed by atoms with Crippen LogP contribution in [0.2, 0.25) is 0 Å². The molecule has 0 fully saturated rings. The molecule has 2 aromatic carbocycles. The number of allylic oxidation sites excluding steroid dienone is 1. The van der Waals surface area contributed by atoms with Gasteiger partial charge in [0.05, 0.1) is 20.0 Å². The van der Waals surface area contributed by atoms with Crippen LogP contribution >= 0.6 is 0 Å². The highest BCUT2D eigenvalue weighted by Gasteiger charge is 2.16. The first-order chi connectivity index (χ1) is 13.5. The van der Waals surface area contributed by atoms with Gasteiger partial charge in [0, 0.05) is 0 Å². The summed E-state index contributed by atoms with van der Waals surface area (Å²) in [7, 11) is 3.07. The molecule has 8 heteroatoms. The number of rotatable bonds is 10. The molecule has 2 atom stereocenters. The van der Waals surface area contributed by atoms with Gasteiger partial charge >= 0.3 is 0 Å². The molecule has 0 saturated heterocycles. The molecule has 0 aromatic heterocycles. The molecule has 0 aliphatic carbocycles. The third-order valence-corrected chi connectivity index (χ3v) is 4.78. The van der Waals surface area contributed by atoms with Crippen molar-refractivity contribution in [1.82, 2.24) is 0 Å². The summed E-state index contributed by atoms with van der Waals surface area (Å²) in [6, 6.07) is 14.4. The number of ether oxygens (including phenoxy) is 3. The molecular formula is C20H23NO6S. The first-order valence-electron chi connectivity index (χ1n) is 8.42. The Morgan fingerprint density at radius 1 is 1.11 bits per heavy atom. The molecule has 2 rings (SSSR count). The molecule has 0 amide bonds. The zero-order chi connectivity index (χ0) is 20.5. The zero-order valence-corrected chi connectivity index (χ0v) is 16.7. The van der Waals surface area contributed by atoms with Gasteiger partial charge < -0.3 is 24.1 Å². The zero-order valence-electron chi connectivity index (χ0n) is 15.9. The van der Waals surface area contributed by atoms with Crippen LogP contribution in [0.5, 0.6) is 11.5 Å². The van der Waals surface area contributed by atoms with Crippen molar-refractivity contribution in [2.24, 2.45) is 5.73 Å². The molecule has 0 heterocycles. The minimum atomic E-state index is -1.78. The van der Waals surface area contributed by atoms with Gasteiger partial charge in [-0.2, -0.15) is 0 Å². The maximum absolute atomic E-state index is 12.2. The lowest BCUT2D eigenvalue weighted by atomic mass is 10.1. The van der Waals surface area contributed by atoms with Crippen LogP contribution in [0, 0.1) is 0 Å². The van der Waals surface area contributed by atoms with Gasteiger partial charge in [0.15, 0.2) is 17.8 Å². The monoisotopic (exact) mass is 405 g/mol. The molecular weight excluding hydrogens is 382 g/mol. The van der Waals surface area contributed by atoms with E-state index in [4.69, 9.17) is 24.1 Å². The minimum absolute atomic E-state index is 0.122. The molecule has 0 aliphatic heterocycles. The van der Waals surface area contributed by atoms with Gasteiger partial charge in [-0.3, -0.25) is 4.79 Å². The smallest absolute Gasteiger partial charge is 0.239 e. The summed E-state index contributed by atoms with van der Waals surface area (Å²) in [5, 5.41) is 0. The lowest BCUT2D eigenvalue weighted by Crippen LogP contribution is -2.14. The summed E-state index contributed by atoms with van der Waals surface area (Å²) in [5.74, 6) is 0.667. The van der Waals surface area contributed by atoms with E-state index in [1.165, 1.54) is 7.11 Å². The largest absolute Gasteiger partial charge is 0.493 e. The van der Waals surface area contributed by atoms with Crippen LogP contribution in [0.1, 0.15) is 24.2 Å². The molecule has 2 aromatic rings. The first kappa shape index (κ1) is 21.3. The number of hydrogen-bond acceptors (Lipinski definition) is 7. The minimum Gasteiger partial charge on any atom is -0.493 e. The number of carbonyl (C=O) groups is 1. The van der Waals surface area contributed by atoms with Gasteiger partial charge in [-0.15, -0.1) is 0 Å². The summed E-state index contributed by atoms with van der Waals surface area (Å²) >= 11 is -1.78. The Kier molecular flexibility index (Phi) is 7.88. The van der Waals surface area contributed by atoms with Gasteiger partial charge in [0.1, 0.15) is 6.10 Å².